The summed E-state index contributed by atoms with van der Waals surface area (Å²) in [6.07, 6.45) is 11.5. The third kappa shape index (κ3) is 3.37. The second-order valence-corrected chi connectivity index (χ2v) is 10.5. The maximum atomic E-state index is 13.9. The molecule has 4 aliphatic rings. The minimum atomic E-state index is -0.184. The first-order valence-corrected chi connectivity index (χ1v) is 12.8. The first-order chi connectivity index (χ1) is 16.0. The number of carbonyl (C=O) groups is 1. The molecule has 3 fully saturated rings. The van der Waals surface area contributed by atoms with Crippen LogP contribution < -0.4 is 5.43 Å². The number of piperidine rings is 3. The molecule has 1 amide bonds. The van der Waals surface area contributed by atoms with Crippen molar-refractivity contribution in [2.45, 2.75) is 71.0 Å². The molecule has 6 heteroatoms. The quantitative estimate of drug-likeness (QED) is 0.659. The summed E-state index contributed by atoms with van der Waals surface area (Å²) >= 11 is 0. The molecule has 3 unspecified atom stereocenters. The van der Waals surface area contributed by atoms with Crippen LogP contribution in [-0.4, -0.2) is 57.0 Å². The van der Waals surface area contributed by atoms with E-state index >= 15 is 0 Å². The van der Waals surface area contributed by atoms with E-state index in [4.69, 9.17) is 0 Å². The number of aromatic nitrogens is 2. The molecule has 6 rings (SSSR count). The molecule has 2 aromatic rings. The number of fused-ring (bicyclic) bond motifs is 7. The van der Waals surface area contributed by atoms with Crippen molar-refractivity contribution in [2.24, 2.45) is 11.8 Å². The van der Waals surface area contributed by atoms with Crippen LogP contribution in [0, 0.1) is 18.8 Å². The Bertz CT molecular complexity index is 1200. The Morgan fingerprint density at radius 1 is 1.18 bits per heavy atom. The predicted octanol–water partition coefficient (Wildman–Crippen LogP) is 3.76. The maximum Gasteiger partial charge on any atom is 0.259 e. The van der Waals surface area contributed by atoms with Gasteiger partial charge in [-0.2, -0.15) is 0 Å². The van der Waals surface area contributed by atoms with Crippen molar-refractivity contribution in [1.82, 2.24) is 19.4 Å². The SMILES string of the molecule is CCn1cc(C(=O)N2CCCC3=C[C@H]4CC(CN5CCCCC45)C32)c(=O)c2ccc(C)nc21. The first kappa shape index (κ1) is 21.1. The highest BCUT2D eigenvalue weighted by Crippen LogP contribution is 2.45. The van der Waals surface area contributed by atoms with Crippen molar-refractivity contribution in [2.75, 3.05) is 19.6 Å². The lowest BCUT2D eigenvalue weighted by atomic mass is 9.68. The molecule has 3 aliphatic heterocycles. The maximum absolute atomic E-state index is 13.9. The highest BCUT2D eigenvalue weighted by Gasteiger charge is 2.47. The lowest BCUT2D eigenvalue weighted by Crippen LogP contribution is -2.60. The summed E-state index contributed by atoms with van der Waals surface area (Å²) in [4.78, 5) is 36.7. The largest absolute Gasteiger partial charge is 0.332 e. The highest BCUT2D eigenvalue weighted by molar-refractivity contribution is 5.97. The van der Waals surface area contributed by atoms with Crippen LogP contribution in [0.2, 0.25) is 0 Å². The molecule has 0 radical (unpaired) electrons. The van der Waals surface area contributed by atoms with Crippen LogP contribution >= 0.6 is 0 Å². The van der Waals surface area contributed by atoms with Crippen molar-refractivity contribution >= 4 is 16.9 Å². The molecule has 0 N–H and O–H groups in total. The minimum Gasteiger partial charge on any atom is -0.332 e. The summed E-state index contributed by atoms with van der Waals surface area (Å²) in [5.74, 6) is 1.02. The van der Waals surface area contributed by atoms with Crippen molar-refractivity contribution < 1.29 is 4.79 Å². The van der Waals surface area contributed by atoms with E-state index < -0.39 is 0 Å². The number of carbonyl (C=O) groups excluding carboxylic acids is 1. The van der Waals surface area contributed by atoms with Crippen molar-refractivity contribution in [3.8, 4) is 0 Å². The molecule has 2 bridgehead atoms. The first-order valence-electron chi connectivity index (χ1n) is 12.8. The van der Waals surface area contributed by atoms with E-state index in [2.05, 4.69) is 16.0 Å². The number of amides is 1. The normalized spacial score (nSPS) is 29.4. The lowest BCUT2D eigenvalue weighted by Gasteiger charge is -2.54. The van der Waals surface area contributed by atoms with E-state index in [0.29, 0.717) is 41.0 Å². The zero-order valence-electron chi connectivity index (χ0n) is 19.8. The Balaban J connectivity index is 1.39. The van der Waals surface area contributed by atoms with Gasteiger partial charge in [0.15, 0.2) is 0 Å². The van der Waals surface area contributed by atoms with Crippen LogP contribution in [0.25, 0.3) is 11.0 Å². The molecule has 33 heavy (non-hydrogen) atoms. The third-order valence-electron chi connectivity index (χ3n) is 8.55. The van der Waals surface area contributed by atoms with Crippen molar-refractivity contribution in [1.29, 1.82) is 0 Å². The van der Waals surface area contributed by atoms with E-state index in [0.717, 1.165) is 31.6 Å². The van der Waals surface area contributed by atoms with Gasteiger partial charge in [-0.3, -0.25) is 14.5 Å². The van der Waals surface area contributed by atoms with E-state index in [1.807, 2.05) is 35.4 Å². The van der Waals surface area contributed by atoms with E-state index in [9.17, 15) is 9.59 Å². The lowest BCUT2D eigenvalue weighted by molar-refractivity contribution is 0.00142. The van der Waals surface area contributed by atoms with Gasteiger partial charge >= 0.3 is 0 Å². The molecule has 5 heterocycles. The number of hydrogen-bond donors (Lipinski definition) is 0. The number of likely N-dealkylation sites (tertiary alicyclic amines) is 1. The summed E-state index contributed by atoms with van der Waals surface area (Å²) in [6.45, 7) is 7.65. The van der Waals surface area contributed by atoms with Crippen molar-refractivity contribution in [3.63, 3.8) is 0 Å². The highest BCUT2D eigenvalue weighted by atomic mass is 16.2. The number of pyridine rings is 2. The number of nitrogens with zero attached hydrogens (tertiary/aromatic N) is 4. The molecule has 3 saturated heterocycles. The molecular weight excluding hydrogens is 412 g/mol. The standard InChI is InChI=1S/C27H34N4O2/c1-3-29-16-22(25(32)21-10-9-17(2)28-26(21)29)27(33)31-12-6-7-18-13-19-14-20(24(18)31)15-30-11-5-4-8-23(19)30/h9-10,13,16,19-20,23-24H,3-8,11-12,14-15H2,1-2H3/t19-,20?,23?,24?/m0/s1. The Kier molecular flexibility index (Phi) is 5.17. The predicted molar refractivity (Wildman–Crippen MR) is 129 cm³/mol. The van der Waals surface area contributed by atoms with Gasteiger partial charge in [-0.1, -0.05) is 18.1 Å². The molecular formula is C27H34N4O2. The van der Waals surface area contributed by atoms with Gasteiger partial charge in [0.2, 0.25) is 5.43 Å². The molecule has 0 spiro atoms. The van der Waals surface area contributed by atoms with Gasteiger partial charge in [-0.25, -0.2) is 4.98 Å². The average molecular weight is 447 g/mol. The zero-order valence-corrected chi connectivity index (χ0v) is 19.8. The van der Waals surface area contributed by atoms with E-state index in [-0.39, 0.29) is 17.4 Å². The smallest absolute Gasteiger partial charge is 0.259 e. The Morgan fingerprint density at radius 3 is 2.91 bits per heavy atom. The van der Waals surface area contributed by atoms with Gasteiger partial charge in [0, 0.05) is 37.6 Å². The fourth-order valence-electron chi connectivity index (χ4n) is 7.11. The summed E-state index contributed by atoms with van der Waals surface area (Å²) in [5, 5.41) is 0.540. The monoisotopic (exact) mass is 446 g/mol. The molecule has 4 atom stereocenters. The van der Waals surface area contributed by atoms with Gasteiger partial charge in [-0.15, -0.1) is 0 Å². The van der Waals surface area contributed by atoms with Crippen LogP contribution in [0.3, 0.4) is 0 Å². The van der Waals surface area contributed by atoms with Crippen LogP contribution in [0.15, 0.2) is 34.8 Å². The van der Waals surface area contributed by atoms with Gasteiger partial charge in [0.25, 0.3) is 5.91 Å². The van der Waals surface area contributed by atoms with E-state index in [1.165, 1.54) is 37.8 Å². The van der Waals surface area contributed by atoms with Crippen LogP contribution in [0.5, 0.6) is 0 Å². The Hall–Kier alpha value is -2.47. The fourth-order valence-corrected chi connectivity index (χ4v) is 7.11. The number of hydrogen-bond acceptors (Lipinski definition) is 4. The topological polar surface area (TPSA) is 58.4 Å². The van der Waals surface area contributed by atoms with Gasteiger partial charge < -0.3 is 9.47 Å². The second kappa shape index (κ2) is 8.08. The molecule has 0 aromatic carbocycles. The molecule has 2 aromatic heterocycles. The molecule has 0 saturated carbocycles. The third-order valence-corrected chi connectivity index (χ3v) is 8.55. The van der Waals surface area contributed by atoms with Crippen LogP contribution in [0.1, 0.15) is 61.5 Å². The zero-order chi connectivity index (χ0) is 22.7. The summed E-state index contributed by atoms with van der Waals surface area (Å²) in [6, 6.07) is 4.53. The molecule has 6 nitrogen and oxygen atoms in total. The number of aryl methyl sites for hydroxylation is 2. The van der Waals surface area contributed by atoms with Gasteiger partial charge in [0.05, 0.1) is 11.4 Å². The van der Waals surface area contributed by atoms with Crippen LogP contribution in [0.4, 0.5) is 0 Å². The Labute approximate surface area is 195 Å². The average Bonchev–Trinajstić information content (AvgIpc) is 2.83. The minimum absolute atomic E-state index is 0.0977. The summed E-state index contributed by atoms with van der Waals surface area (Å²) in [7, 11) is 0. The Morgan fingerprint density at radius 2 is 2.06 bits per heavy atom. The fraction of sp³-hybridized carbons (Fsp3) is 0.593. The van der Waals surface area contributed by atoms with Gasteiger partial charge in [-0.05, 0) is 76.5 Å². The summed E-state index contributed by atoms with van der Waals surface area (Å²) in [5.41, 5.74) is 3.11. The number of rotatable bonds is 2. The van der Waals surface area contributed by atoms with E-state index in [1.54, 1.807) is 6.20 Å². The molecule has 174 valence electrons. The van der Waals surface area contributed by atoms with Gasteiger partial charge in [0.1, 0.15) is 11.2 Å². The summed E-state index contributed by atoms with van der Waals surface area (Å²) < 4.78 is 1.95. The van der Waals surface area contributed by atoms with Crippen LogP contribution in [-0.2, 0) is 6.54 Å². The molecule has 1 aliphatic carbocycles. The second-order valence-electron chi connectivity index (χ2n) is 10.5. The van der Waals surface area contributed by atoms with Crippen molar-refractivity contribution in [3.05, 3.63) is 51.5 Å².